The van der Waals surface area contributed by atoms with Crippen LogP contribution in [-0.4, -0.2) is 70.6 Å². The van der Waals surface area contributed by atoms with Crippen LogP contribution >= 0.6 is 12.4 Å². The molecule has 316 valence electrons. The highest BCUT2D eigenvalue weighted by Gasteiger charge is 2.16. The van der Waals surface area contributed by atoms with Crippen LogP contribution in [0.4, 0.5) is 4.79 Å². The van der Waals surface area contributed by atoms with Crippen LogP contribution in [0, 0.1) is 0 Å². The second-order valence-corrected chi connectivity index (χ2v) is 12.7. The molecule has 4 aromatic rings. The Morgan fingerprint density at radius 2 is 0.847 bits per heavy atom. The van der Waals surface area contributed by atoms with Crippen LogP contribution in [0.1, 0.15) is 61.1 Å². The largest absolute Gasteiger partial charge is 0.519 e. The third-order valence-corrected chi connectivity index (χ3v) is 8.34. The fourth-order valence-electron chi connectivity index (χ4n) is 5.78. The summed E-state index contributed by atoms with van der Waals surface area (Å²) in [7, 11) is 0. The van der Waals surface area contributed by atoms with Gasteiger partial charge in [0.2, 0.25) is 11.8 Å². The predicted octanol–water partition coefficient (Wildman–Crippen LogP) is 6.86. The van der Waals surface area contributed by atoms with Crippen LogP contribution in [0.2, 0.25) is 0 Å². The molecule has 0 unspecified atom stereocenters. The Balaban J connectivity index is 0.00000930. The lowest BCUT2D eigenvalue weighted by atomic mass is 10.0. The van der Waals surface area contributed by atoms with Crippen LogP contribution in [0.3, 0.4) is 0 Å². The van der Waals surface area contributed by atoms with Gasteiger partial charge in [-0.25, -0.2) is 4.79 Å². The Morgan fingerprint density at radius 1 is 0.508 bits per heavy atom. The van der Waals surface area contributed by atoms with Gasteiger partial charge >= 0.3 is 6.16 Å². The molecule has 4 rings (SSSR count). The lowest BCUT2D eigenvalue weighted by molar-refractivity contribution is -0.120. The normalized spacial score (nSPS) is 10.8. The van der Waals surface area contributed by atoms with Crippen LogP contribution in [0.25, 0.3) is 24.3 Å². The second-order valence-electron chi connectivity index (χ2n) is 12.7. The van der Waals surface area contributed by atoms with E-state index in [9.17, 15) is 14.4 Å². The minimum absolute atomic E-state index is 0. The summed E-state index contributed by atoms with van der Waals surface area (Å²) in [6.07, 6.45) is 7.43. The summed E-state index contributed by atoms with van der Waals surface area (Å²) in [6.45, 7) is 9.99. The Bertz CT molecular complexity index is 1860. The number of ether oxygens (including phenoxy) is 6. The van der Waals surface area contributed by atoms with Crippen molar-refractivity contribution in [2.75, 3.05) is 52.6 Å². The quantitative estimate of drug-likeness (QED) is 0.0369. The van der Waals surface area contributed by atoms with Crippen molar-refractivity contribution >= 4 is 54.7 Å². The van der Waals surface area contributed by atoms with E-state index in [1.54, 1.807) is 12.1 Å². The van der Waals surface area contributed by atoms with E-state index in [1.807, 2.05) is 113 Å². The summed E-state index contributed by atoms with van der Waals surface area (Å²) in [5.41, 5.74) is 15.7. The molecular formula is C45H55ClN4O9. The smallest absolute Gasteiger partial charge is 0.494 e. The minimum atomic E-state index is -0.960. The fourth-order valence-corrected chi connectivity index (χ4v) is 5.78. The fraction of sp³-hybridized carbons (Fsp3) is 0.311. The van der Waals surface area contributed by atoms with Gasteiger partial charge in [-0.1, -0.05) is 36.4 Å². The molecule has 2 amide bonds. The van der Waals surface area contributed by atoms with Crippen LogP contribution in [0.5, 0.6) is 34.5 Å². The SMILES string of the molecule is CCOc1cc(/C=C/c2ccc(OC(=O)Oc3ccc(/C=C/c4cc(OCC)cc(OCC)c4)cc3CCNC(=O)CN)c(CCNC(=O)CN)c2)cc(OCC)c1.Cl. The zero-order chi connectivity index (χ0) is 41.7. The Kier molecular flexibility index (Phi) is 20.4. The molecule has 0 aliphatic heterocycles. The highest BCUT2D eigenvalue weighted by molar-refractivity contribution is 5.85. The lowest BCUT2D eigenvalue weighted by Crippen LogP contribution is -2.32. The molecule has 0 heterocycles. The van der Waals surface area contributed by atoms with Gasteiger partial charge in [0, 0.05) is 25.2 Å². The summed E-state index contributed by atoms with van der Waals surface area (Å²) in [5.74, 6) is 2.70. The van der Waals surface area contributed by atoms with Gasteiger partial charge in [-0.3, -0.25) is 9.59 Å². The standard InChI is InChI=1S/C45H54N4O9.ClH/c1-5-53-37-23-33(24-38(27-37)54-6-2)11-9-31-13-15-41(35(21-31)17-19-48-43(50)29-46)57-45(52)58-42-16-14-32(22-36(42)18-20-49-44(51)30-47)10-12-34-25-39(55-7-3)28-40(26-34)56-8-4;/h9-16,21-28H,5-8,17-20,29-30,46-47H2,1-4H3,(H,48,50)(H,49,51);1H/b11-9+,12-10+;. The molecule has 0 saturated carbocycles. The molecule has 0 atom stereocenters. The predicted molar refractivity (Wildman–Crippen MR) is 234 cm³/mol. The van der Waals surface area contributed by atoms with Crippen LogP contribution < -0.4 is 50.5 Å². The first kappa shape index (κ1) is 47.4. The van der Waals surface area contributed by atoms with Crippen molar-refractivity contribution in [3.63, 3.8) is 0 Å². The highest BCUT2D eigenvalue weighted by atomic mass is 35.5. The lowest BCUT2D eigenvalue weighted by Gasteiger charge is -2.14. The number of carbonyl (C=O) groups excluding carboxylic acids is 3. The number of benzene rings is 4. The third kappa shape index (κ3) is 16.0. The number of rotatable bonds is 22. The van der Waals surface area contributed by atoms with E-state index in [-0.39, 0.29) is 61.9 Å². The topological polar surface area (TPSA) is 183 Å². The average Bonchev–Trinajstić information content (AvgIpc) is 3.21. The van der Waals surface area contributed by atoms with Crippen molar-refractivity contribution in [3.05, 3.63) is 106 Å². The number of nitrogens with one attached hydrogen (secondary N) is 2. The number of nitrogens with two attached hydrogens (primary N) is 2. The zero-order valence-electron chi connectivity index (χ0n) is 34.0. The Morgan fingerprint density at radius 3 is 1.17 bits per heavy atom. The second kappa shape index (κ2) is 25.4. The van der Waals surface area contributed by atoms with Gasteiger partial charge in [0.05, 0.1) is 39.5 Å². The van der Waals surface area contributed by atoms with Crippen molar-refractivity contribution in [2.45, 2.75) is 40.5 Å². The molecule has 0 saturated heterocycles. The molecule has 4 aromatic carbocycles. The number of carbonyl (C=O) groups is 3. The first-order chi connectivity index (χ1) is 28.2. The van der Waals surface area contributed by atoms with E-state index in [1.165, 1.54) is 0 Å². The van der Waals surface area contributed by atoms with E-state index >= 15 is 0 Å². The van der Waals surface area contributed by atoms with Crippen LogP contribution in [-0.2, 0) is 22.4 Å². The van der Waals surface area contributed by atoms with E-state index in [0.717, 1.165) is 22.3 Å². The van der Waals surface area contributed by atoms with Crippen molar-refractivity contribution in [1.82, 2.24) is 10.6 Å². The van der Waals surface area contributed by atoms with E-state index < -0.39 is 6.16 Å². The van der Waals surface area contributed by atoms with Crippen molar-refractivity contribution in [1.29, 1.82) is 0 Å². The molecule has 0 radical (unpaired) electrons. The van der Waals surface area contributed by atoms with Gasteiger partial charge in [-0.2, -0.15) is 0 Å². The number of hydrogen-bond acceptors (Lipinski definition) is 11. The molecule has 0 aromatic heterocycles. The number of halogens is 1. The van der Waals surface area contributed by atoms with Gasteiger partial charge in [-0.05, 0) is 122 Å². The van der Waals surface area contributed by atoms with E-state index in [0.29, 0.717) is 73.4 Å². The first-order valence-corrected chi connectivity index (χ1v) is 19.4. The molecule has 0 spiro atoms. The average molecular weight is 831 g/mol. The number of hydrogen-bond donors (Lipinski definition) is 4. The van der Waals surface area contributed by atoms with Crippen molar-refractivity contribution in [3.8, 4) is 34.5 Å². The monoisotopic (exact) mass is 830 g/mol. The Hall–Kier alpha value is -6.02. The maximum atomic E-state index is 13.4. The maximum Gasteiger partial charge on any atom is 0.519 e. The molecule has 59 heavy (non-hydrogen) atoms. The third-order valence-electron chi connectivity index (χ3n) is 8.34. The molecule has 14 heteroatoms. The zero-order valence-corrected chi connectivity index (χ0v) is 34.9. The summed E-state index contributed by atoms with van der Waals surface area (Å²) in [5, 5.41) is 5.52. The summed E-state index contributed by atoms with van der Waals surface area (Å²) < 4.78 is 34.4. The van der Waals surface area contributed by atoms with Gasteiger partial charge < -0.3 is 50.5 Å². The highest BCUT2D eigenvalue weighted by Crippen LogP contribution is 2.29. The van der Waals surface area contributed by atoms with Crippen LogP contribution in [0.15, 0.2) is 72.8 Å². The molecule has 0 fully saturated rings. The summed E-state index contributed by atoms with van der Waals surface area (Å²) in [6, 6.07) is 22.1. The van der Waals surface area contributed by atoms with Crippen molar-refractivity contribution < 1.29 is 42.8 Å². The molecule has 0 aliphatic rings. The molecule has 6 N–H and O–H groups in total. The Labute approximate surface area is 352 Å². The molecule has 0 aliphatic carbocycles. The molecular weight excluding hydrogens is 776 g/mol. The molecule has 0 bridgehead atoms. The maximum absolute atomic E-state index is 13.4. The summed E-state index contributed by atoms with van der Waals surface area (Å²) in [4.78, 5) is 37.2. The van der Waals surface area contributed by atoms with Gasteiger partial charge in [0.15, 0.2) is 0 Å². The van der Waals surface area contributed by atoms with E-state index in [4.69, 9.17) is 39.9 Å². The minimum Gasteiger partial charge on any atom is -0.494 e. The first-order valence-electron chi connectivity index (χ1n) is 19.4. The van der Waals surface area contributed by atoms with Gasteiger partial charge in [-0.15, -0.1) is 12.4 Å². The van der Waals surface area contributed by atoms with Crippen molar-refractivity contribution in [2.24, 2.45) is 11.5 Å². The van der Waals surface area contributed by atoms with Gasteiger partial charge in [0.1, 0.15) is 34.5 Å². The number of amides is 2. The van der Waals surface area contributed by atoms with E-state index in [2.05, 4.69) is 10.6 Å². The summed E-state index contributed by atoms with van der Waals surface area (Å²) >= 11 is 0. The van der Waals surface area contributed by atoms with Gasteiger partial charge in [0.25, 0.3) is 0 Å². The molecule has 13 nitrogen and oxygen atoms in total.